The van der Waals surface area contributed by atoms with Gasteiger partial charge in [0.15, 0.2) is 0 Å². The minimum absolute atomic E-state index is 0.308. The highest BCUT2D eigenvalue weighted by Gasteiger charge is 2.30. The van der Waals surface area contributed by atoms with Crippen LogP contribution < -0.4 is 10.1 Å². The first-order valence-electron chi connectivity index (χ1n) is 6.55. The lowest BCUT2D eigenvalue weighted by Gasteiger charge is -2.09. The second-order valence-electron chi connectivity index (χ2n) is 4.41. The third kappa shape index (κ3) is 4.37. The van der Waals surface area contributed by atoms with Crippen molar-refractivity contribution in [2.45, 2.75) is 19.5 Å². The minimum atomic E-state index is -4.35. The number of nitrogens with one attached hydrogen (secondary N) is 1. The van der Waals surface area contributed by atoms with Gasteiger partial charge in [0, 0.05) is 12.6 Å². The normalized spacial score (nSPS) is 11.2. The molecule has 6 heteroatoms. The Morgan fingerprint density at radius 3 is 2.43 bits per heavy atom. The highest BCUT2D eigenvalue weighted by molar-refractivity contribution is 5.38. The number of anilines is 1. The van der Waals surface area contributed by atoms with Crippen LogP contribution in [-0.4, -0.2) is 11.5 Å². The zero-order chi connectivity index (χ0) is 15.3. The van der Waals surface area contributed by atoms with Gasteiger partial charge in [0.25, 0.3) is 0 Å². The SMILES string of the molecule is CCCNc1cccc(Oc2ccc(C(F)(F)F)cc2)n1. The number of ether oxygens (including phenoxy) is 1. The van der Waals surface area contributed by atoms with E-state index < -0.39 is 11.7 Å². The van der Waals surface area contributed by atoms with Crippen molar-refractivity contribution in [3.63, 3.8) is 0 Å². The lowest BCUT2D eigenvalue weighted by Crippen LogP contribution is -2.04. The summed E-state index contributed by atoms with van der Waals surface area (Å²) >= 11 is 0. The molecule has 0 amide bonds. The van der Waals surface area contributed by atoms with E-state index in [9.17, 15) is 13.2 Å². The van der Waals surface area contributed by atoms with Crippen molar-refractivity contribution in [3.8, 4) is 11.6 Å². The summed E-state index contributed by atoms with van der Waals surface area (Å²) in [6, 6.07) is 9.73. The van der Waals surface area contributed by atoms with Crippen LogP contribution in [0.15, 0.2) is 42.5 Å². The van der Waals surface area contributed by atoms with E-state index in [-0.39, 0.29) is 0 Å². The lowest BCUT2D eigenvalue weighted by atomic mass is 10.2. The summed E-state index contributed by atoms with van der Waals surface area (Å²) in [6.45, 7) is 2.83. The summed E-state index contributed by atoms with van der Waals surface area (Å²) in [5.41, 5.74) is -0.707. The van der Waals surface area contributed by atoms with Crippen molar-refractivity contribution < 1.29 is 17.9 Å². The quantitative estimate of drug-likeness (QED) is 0.867. The van der Waals surface area contributed by atoms with Gasteiger partial charge >= 0.3 is 6.18 Å². The summed E-state index contributed by atoms with van der Waals surface area (Å²) in [5.74, 6) is 1.31. The molecule has 0 spiro atoms. The molecule has 0 aliphatic rings. The molecule has 0 aliphatic carbocycles. The fraction of sp³-hybridized carbons (Fsp3) is 0.267. The van der Waals surface area contributed by atoms with Crippen LogP contribution in [-0.2, 0) is 6.18 Å². The van der Waals surface area contributed by atoms with Gasteiger partial charge in [0.05, 0.1) is 5.56 Å². The van der Waals surface area contributed by atoms with Crippen molar-refractivity contribution in [2.75, 3.05) is 11.9 Å². The van der Waals surface area contributed by atoms with Crippen LogP contribution in [0.3, 0.4) is 0 Å². The molecule has 0 saturated carbocycles. The van der Waals surface area contributed by atoms with E-state index in [1.54, 1.807) is 18.2 Å². The van der Waals surface area contributed by atoms with Crippen LogP contribution in [0.1, 0.15) is 18.9 Å². The van der Waals surface area contributed by atoms with Crippen molar-refractivity contribution in [1.82, 2.24) is 4.98 Å². The number of nitrogens with zero attached hydrogens (tertiary/aromatic N) is 1. The second kappa shape index (κ2) is 6.47. The Hall–Kier alpha value is -2.24. The van der Waals surface area contributed by atoms with E-state index in [0.29, 0.717) is 17.4 Å². The number of aromatic nitrogens is 1. The first kappa shape index (κ1) is 15.2. The molecule has 1 N–H and O–H groups in total. The van der Waals surface area contributed by atoms with Gasteiger partial charge in [-0.1, -0.05) is 13.0 Å². The van der Waals surface area contributed by atoms with Gasteiger partial charge in [0.1, 0.15) is 11.6 Å². The molecule has 2 rings (SSSR count). The first-order valence-corrected chi connectivity index (χ1v) is 6.55. The topological polar surface area (TPSA) is 34.1 Å². The van der Waals surface area contributed by atoms with Gasteiger partial charge in [0.2, 0.25) is 5.88 Å². The van der Waals surface area contributed by atoms with Gasteiger partial charge < -0.3 is 10.1 Å². The molecular formula is C15H15F3N2O. The van der Waals surface area contributed by atoms with Crippen LogP contribution in [0, 0.1) is 0 Å². The van der Waals surface area contributed by atoms with Crippen molar-refractivity contribution >= 4 is 5.82 Å². The Balaban J connectivity index is 2.07. The zero-order valence-electron chi connectivity index (χ0n) is 11.4. The van der Waals surface area contributed by atoms with Crippen LogP contribution >= 0.6 is 0 Å². The maximum Gasteiger partial charge on any atom is 0.416 e. The number of halogens is 3. The van der Waals surface area contributed by atoms with Crippen LogP contribution in [0.25, 0.3) is 0 Å². The summed E-state index contributed by atoms with van der Waals surface area (Å²) < 4.78 is 42.8. The molecule has 1 heterocycles. The number of hydrogen-bond donors (Lipinski definition) is 1. The Bertz CT molecular complexity index is 582. The van der Waals surface area contributed by atoms with E-state index in [1.165, 1.54) is 12.1 Å². The van der Waals surface area contributed by atoms with Gasteiger partial charge in [-0.25, -0.2) is 0 Å². The fourth-order valence-electron chi connectivity index (χ4n) is 1.66. The smallest absolute Gasteiger partial charge is 0.416 e. The molecule has 0 saturated heterocycles. The molecule has 1 aromatic heterocycles. The van der Waals surface area contributed by atoms with E-state index in [0.717, 1.165) is 25.1 Å². The third-order valence-electron chi connectivity index (χ3n) is 2.68. The molecule has 3 nitrogen and oxygen atoms in total. The molecule has 0 aliphatic heterocycles. The number of hydrogen-bond acceptors (Lipinski definition) is 3. The van der Waals surface area contributed by atoms with Crippen LogP contribution in [0.2, 0.25) is 0 Å². The molecule has 0 atom stereocenters. The van der Waals surface area contributed by atoms with E-state index >= 15 is 0 Å². The number of benzene rings is 1. The highest BCUT2D eigenvalue weighted by atomic mass is 19.4. The van der Waals surface area contributed by atoms with Gasteiger partial charge in [-0.05, 0) is 36.8 Å². The van der Waals surface area contributed by atoms with Crippen molar-refractivity contribution in [2.24, 2.45) is 0 Å². The summed E-state index contributed by atoms with van der Waals surface area (Å²) in [6.07, 6.45) is -3.38. The summed E-state index contributed by atoms with van der Waals surface area (Å²) in [7, 11) is 0. The predicted molar refractivity (Wildman–Crippen MR) is 74.5 cm³/mol. The van der Waals surface area contributed by atoms with Crippen LogP contribution in [0.4, 0.5) is 19.0 Å². The first-order chi connectivity index (χ1) is 9.99. The Morgan fingerprint density at radius 1 is 1.10 bits per heavy atom. The van der Waals surface area contributed by atoms with Gasteiger partial charge in [-0.2, -0.15) is 18.2 Å². The Morgan fingerprint density at radius 2 is 1.81 bits per heavy atom. The van der Waals surface area contributed by atoms with Gasteiger partial charge in [-0.3, -0.25) is 0 Å². The Labute approximate surface area is 120 Å². The predicted octanol–water partition coefficient (Wildman–Crippen LogP) is 4.71. The van der Waals surface area contributed by atoms with Crippen LogP contribution in [0.5, 0.6) is 11.6 Å². The number of alkyl halides is 3. The summed E-state index contributed by atoms with van der Waals surface area (Å²) in [4.78, 5) is 4.22. The Kier molecular flexibility index (Phi) is 4.67. The summed E-state index contributed by atoms with van der Waals surface area (Å²) in [5, 5.41) is 3.11. The lowest BCUT2D eigenvalue weighted by molar-refractivity contribution is -0.137. The maximum absolute atomic E-state index is 12.5. The molecule has 0 fully saturated rings. The standard InChI is InChI=1S/C15H15F3N2O/c1-2-10-19-13-4-3-5-14(20-13)21-12-8-6-11(7-9-12)15(16,17)18/h3-9H,2,10H2,1H3,(H,19,20). The van der Waals surface area contributed by atoms with E-state index in [4.69, 9.17) is 4.74 Å². The molecular weight excluding hydrogens is 281 g/mol. The second-order valence-corrected chi connectivity index (χ2v) is 4.41. The fourth-order valence-corrected chi connectivity index (χ4v) is 1.66. The number of rotatable bonds is 5. The average molecular weight is 296 g/mol. The molecule has 0 bridgehead atoms. The molecule has 21 heavy (non-hydrogen) atoms. The third-order valence-corrected chi connectivity index (χ3v) is 2.68. The number of pyridine rings is 1. The molecule has 0 unspecified atom stereocenters. The zero-order valence-corrected chi connectivity index (χ0v) is 11.4. The minimum Gasteiger partial charge on any atom is -0.439 e. The molecule has 1 aromatic carbocycles. The molecule has 0 radical (unpaired) electrons. The highest BCUT2D eigenvalue weighted by Crippen LogP contribution is 2.31. The average Bonchev–Trinajstić information content (AvgIpc) is 2.45. The van der Waals surface area contributed by atoms with Gasteiger partial charge in [-0.15, -0.1) is 0 Å². The van der Waals surface area contributed by atoms with E-state index in [2.05, 4.69) is 10.3 Å². The molecule has 2 aromatic rings. The monoisotopic (exact) mass is 296 g/mol. The largest absolute Gasteiger partial charge is 0.439 e. The van der Waals surface area contributed by atoms with Crippen molar-refractivity contribution in [1.29, 1.82) is 0 Å². The van der Waals surface area contributed by atoms with Crippen molar-refractivity contribution in [3.05, 3.63) is 48.0 Å². The molecule has 112 valence electrons. The maximum atomic E-state index is 12.5. The van der Waals surface area contributed by atoms with E-state index in [1.807, 2.05) is 6.92 Å².